The Labute approximate surface area is 133 Å². The Morgan fingerprint density at radius 3 is 2.33 bits per heavy atom. The Balaban J connectivity index is 1.98. The summed E-state index contributed by atoms with van der Waals surface area (Å²) in [6.07, 6.45) is 0. The molecule has 0 spiro atoms. The van der Waals surface area contributed by atoms with Crippen molar-refractivity contribution in [1.29, 1.82) is 0 Å². The summed E-state index contributed by atoms with van der Waals surface area (Å²) in [4.78, 5) is 11.8. The number of esters is 1. The van der Waals surface area contributed by atoms with E-state index in [1.54, 1.807) is 36.4 Å². The van der Waals surface area contributed by atoms with Gasteiger partial charge in [0.15, 0.2) is 6.61 Å². The predicted octanol–water partition coefficient (Wildman–Crippen LogP) is 4.59. The molecule has 3 nitrogen and oxygen atoms in total. The fourth-order valence-electron chi connectivity index (χ4n) is 1.82. The van der Waals surface area contributed by atoms with Crippen molar-refractivity contribution >= 4 is 29.2 Å². The smallest absolute Gasteiger partial charge is 0.349 e. The maximum absolute atomic E-state index is 11.8. The normalized spacial score (nSPS) is 10.3. The summed E-state index contributed by atoms with van der Waals surface area (Å²) in [5, 5.41) is 1.12. The van der Waals surface area contributed by atoms with Gasteiger partial charge in [-0.2, -0.15) is 0 Å². The van der Waals surface area contributed by atoms with E-state index in [2.05, 4.69) is 0 Å². The van der Waals surface area contributed by atoms with Gasteiger partial charge in [-0.1, -0.05) is 35.3 Å². The molecule has 0 unspecified atom stereocenters. The van der Waals surface area contributed by atoms with E-state index < -0.39 is 5.97 Å². The topological polar surface area (TPSA) is 35.5 Å². The van der Waals surface area contributed by atoms with Crippen LogP contribution in [0.4, 0.5) is 0 Å². The Morgan fingerprint density at radius 2 is 1.71 bits per heavy atom. The zero-order valence-electron chi connectivity index (χ0n) is 11.7. The zero-order chi connectivity index (χ0) is 15.4. The first-order valence-electron chi connectivity index (χ1n) is 6.32. The van der Waals surface area contributed by atoms with Gasteiger partial charge in [-0.05, 0) is 49.2 Å². The third-order valence-corrected chi connectivity index (χ3v) is 3.73. The highest BCUT2D eigenvalue weighted by molar-refractivity contribution is 6.32. The molecule has 0 saturated heterocycles. The molecule has 2 aromatic rings. The molecule has 0 aromatic heterocycles. The molecule has 5 heteroatoms. The van der Waals surface area contributed by atoms with Crippen LogP contribution in [0.1, 0.15) is 11.1 Å². The average molecular weight is 325 g/mol. The molecule has 0 atom stereocenters. The molecule has 0 fully saturated rings. The van der Waals surface area contributed by atoms with E-state index >= 15 is 0 Å². The first-order valence-corrected chi connectivity index (χ1v) is 7.07. The lowest BCUT2D eigenvalue weighted by atomic mass is 10.1. The molecular weight excluding hydrogens is 311 g/mol. The summed E-state index contributed by atoms with van der Waals surface area (Å²) in [7, 11) is 0. The maximum Gasteiger partial charge on any atom is 0.349 e. The molecule has 0 radical (unpaired) electrons. The van der Waals surface area contributed by atoms with Gasteiger partial charge in [0.05, 0.1) is 5.02 Å². The van der Waals surface area contributed by atoms with E-state index in [4.69, 9.17) is 32.7 Å². The number of rotatable bonds is 4. The lowest BCUT2D eigenvalue weighted by Gasteiger charge is -2.10. The minimum atomic E-state index is -0.504. The molecule has 0 aliphatic heterocycles. The van der Waals surface area contributed by atoms with Crippen molar-refractivity contribution in [2.24, 2.45) is 0 Å². The van der Waals surface area contributed by atoms with Crippen LogP contribution in [0.15, 0.2) is 36.4 Å². The van der Waals surface area contributed by atoms with Gasteiger partial charge in [-0.3, -0.25) is 0 Å². The average Bonchev–Trinajstić information content (AvgIpc) is 2.44. The van der Waals surface area contributed by atoms with Crippen molar-refractivity contribution in [3.8, 4) is 11.5 Å². The number of para-hydroxylation sites is 1. The first kappa shape index (κ1) is 15.7. The number of halogens is 2. The number of hydrogen-bond donors (Lipinski definition) is 0. The van der Waals surface area contributed by atoms with Crippen LogP contribution >= 0.6 is 23.2 Å². The van der Waals surface area contributed by atoms with Crippen molar-refractivity contribution in [1.82, 2.24) is 0 Å². The monoisotopic (exact) mass is 324 g/mol. The lowest BCUT2D eigenvalue weighted by Crippen LogP contribution is -2.18. The van der Waals surface area contributed by atoms with E-state index in [9.17, 15) is 4.79 Å². The third kappa shape index (κ3) is 4.13. The molecule has 2 aromatic carbocycles. The van der Waals surface area contributed by atoms with Gasteiger partial charge < -0.3 is 9.47 Å². The summed E-state index contributed by atoms with van der Waals surface area (Å²) < 4.78 is 10.5. The predicted molar refractivity (Wildman–Crippen MR) is 83.5 cm³/mol. The van der Waals surface area contributed by atoms with Crippen molar-refractivity contribution < 1.29 is 14.3 Å². The number of carbonyl (C=O) groups excluding carboxylic acids is 1. The third-order valence-electron chi connectivity index (χ3n) is 2.82. The molecule has 110 valence electrons. The second kappa shape index (κ2) is 6.83. The van der Waals surface area contributed by atoms with Crippen molar-refractivity contribution in [2.75, 3.05) is 6.61 Å². The van der Waals surface area contributed by atoms with Gasteiger partial charge in [0.1, 0.15) is 11.5 Å². The fraction of sp³-hybridized carbons (Fsp3) is 0.188. The van der Waals surface area contributed by atoms with Crippen LogP contribution in [0.25, 0.3) is 0 Å². The van der Waals surface area contributed by atoms with Crippen LogP contribution in [0.5, 0.6) is 11.5 Å². The highest BCUT2D eigenvalue weighted by Gasteiger charge is 2.10. The van der Waals surface area contributed by atoms with Gasteiger partial charge >= 0.3 is 5.97 Å². The van der Waals surface area contributed by atoms with E-state index in [1.165, 1.54) is 0 Å². The standard InChI is InChI=1S/C16H14Cl2O3/c1-10-7-12(8-11(2)16(10)18)21-15(19)9-20-14-6-4-3-5-13(14)17/h3-8H,9H2,1-2H3. The number of hydrogen-bond acceptors (Lipinski definition) is 3. The molecule has 0 saturated carbocycles. The van der Waals surface area contributed by atoms with Crippen LogP contribution in [0.3, 0.4) is 0 Å². The van der Waals surface area contributed by atoms with Gasteiger partial charge in [0, 0.05) is 5.02 Å². The number of benzene rings is 2. The number of carbonyl (C=O) groups is 1. The summed E-state index contributed by atoms with van der Waals surface area (Å²) in [5.41, 5.74) is 1.71. The highest BCUT2D eigenvalue weighted by atomic mass is 35.5. The van der Waals surface area contributed by atoms with Crippen LogP contribution in [-0.4, -0.2) is 12.6 Å². The molecule has 0 aliphatic carbocycles. The minimum absolute atomic E-state index is 0.218. The second-order valence-electron chi connectivity index (χ2n) is 4.56. The Bertz CT molecular complexity index is 645. The van der Waals surface area contributed by atoms with Gasteiger partial charge in [-0.15, -0.1) is 0 Å². The number of aryl methyl sites for hydroxylation is 2. The van der Waals surface area contributed by atoms with Crippen LogP contribution in [-0.2, 0) is 4.79 Å². The molecule has 2 rings (SSSR count). The molecular formula is C16H14Cl2O3. The first-order chi connectivity index (χ1) is 9.97. The van der Waals surface area contributed by atoms with Gasteiger partial charge in [-0.25, -0.2) is 4.79 Å². The van der Waals surface area contributed by atoms with E-state index in [0.717, 1.165) is 11.1 Å². The van der Waals surface area contributed by atoms with E-state index in [1.807, 2.05) is 13.8 Å². The summed E-state index contributed by atoms with van der Waals surface area (Å²) in [6, 6.07) is 10.4. The lowest BCUT2D eigenvalue weighted by molar-refractivity contribution is -0.136. The van der Waals surface area contributed by atoms with Crippen molar-refractivity contribution in [3.05, 3.63) is 57.6 Å². The highest BCUT2D eigenvalue weighted by Crippen LogP contribution is 2.26. The van der Waals surface area contributed by atoms with Crippen molar-refractivity contribution in [2.45, 2.75) is 13.8 Å². The Kier molecular flexibility index (Phi) is 5.10. The van der Waals surface area contributed by atoms with E-state index in [0.29, 0.717) is 21.5 Å². The molecule has 21 heavy (non-hydrogen) atoms. The Morgan fingerprint density at radius 1 is 1.10 bits per heavy atom. The molecule has 0 aliphatic rings. The van der Waals surface area contributed by atoms with Crippen LogP contribution in [0.2, 0.25) is 10.0 Å². The zero-order valence-corrected chi connectivity index (χ0v) is 13.2. The SMILES string of the molecule is Cc1cc(OC(=O)COc2ccccc2Cl)cc(C)c1Cl. The van der Waals surface area contributed by atoms with Gasteiger partial charge in [0.2, 0.25) is 0 Å². The molecule has 0 heterocycles. The maximum atomic E-state index is 11.8. The van der Waals surface area contributed by atoms with E-state index in [-0.39, 0.29) is 6.61 Å². The van der Waals surface area contributed by atoms with Crippen molar-refractivity contribution in [3.63, 3.8) is 0 Å². The minimum Gasteiger partial charge on any atom is -0.480 e. The summed E-state index contributed by atoms with van der Waals surface area (Å²) in [5.74, 6) is 0.387. The fourth-order valence-corrected chi connectivity index (χ4v) is 2.12. The molecule has 0 bridgehead atoms. The van der Waals surface area contributed by atoms with Crippen LogP contribution in [0, 0.1) is 13.8 Å². The summed E-state index contributed by atoms with van der Waals surface area (Å²) in [6.45, 7) is 3.49. The molecule has 0 N–H and O–H groups in total. The summed E-state index contributed by atoms with van der Waals surface area (Å²) >= 11 is 12.0. The molecule has 0 amide bonds. The van der Waals surface area contributed by atoms with Gasteiger partial charge in [0.25, 0.3) is 0 Å². The quantitative estimate of drug-likeness (QED) is 0.609. The largest absolute Gasteiger partial charge is 0.480 e. The second-order valence-corrected chi connectivity index (χ2v) is 5.35. The Hall–Kier alpha value is -1.71. The number of ether oxygens (including phenoxy) is 2. The van der Waals surface area contributed by atoms with Crippen LogP contribution < -0.4 is 9.47 Å².